The molecule has 164 valence electrons. The van der Waals surface area contributed by atoms with Gasteiger partial charge in [-0.15, -0.1) is 0 Å². The van der Waals surface area contributed by atoms with Crippen molar-refractivity contribution in [1.29, 1.82) is 5.26 Å². The number of anilines is 1. The zero-order chi connectivity index (χ0) is 23.0. The van der Waals surface area contributed by atoms with Crippen LogP contribution >= 0.6 is 0 Å². The molecule has 1 amide bonds. The number of ether oxygens (including phenoxy) is 2. The second-order valence-electron chi connectivity index (χ2n) is 7.31. The molecule has 1 heterocycles. The molecule has 0 aliphatic heterocycles. The lowest BCUT2D eigenvalue weighted by Gasteiger charge is -2.08. The quantitative estimate of drug-likeness (QED) is 0.301. The summed E-state index contributed by atoms with van der Waals surface area (Å²) >= 11 is 0. The van der Waals surface area contributed by atoms with Gasteiger partial charge in [-0.2, -0.15) is 5.26 Å². The van der Waals surface area contributed by atoms with Crippen molar-refractivity contribution in [2.24, 2.45) is 0 Å². The van der Waals surface area contributed by atoms with E-state index in [1.165, 1.54) is 0 Å². The maximum Gasteiger partial charge on any atom is 0.266 e. The van der Waals surface area contributed by atoms with Crippen molar-refractivity contribution < 1.29 is 14.3 Å². The van der Waals surface area contributed by atoms with Gasteiger partial charge in [-0.1, -0.05) is 36.4 Å². The molecular weight excluding hydrogens is 414 g/mol. The fraction of sp³-hybridized carbons (Fsp3) is 0.111. The number of carbonyl (C=O) groups is 1. The molecular formula is C27H23N3O3. The van der Waals surface area contributed by atoms with Gasteiger partial charge < -0.3 is 19.4 Å². The Bertz CT molecular complexity index is 1320. The Balaban J connectivity index is 1.54. The van der Waals surface area contributed by atoms with Crippen LogP contribution in [-0.2, 0) is 11.3 Å². The third-order valence-corrected chi connectivity index (χ3v) is 5.18. The van der Waals surface area contributed by atoms with Crippen molar-refractivity contribution in [3.63, 3.8) is 0 Å². The van der Waals surface area contributed by atoms with E-state index < -0.39 is 5.91 Å². The molecule has 1 N–H and O–H groups in total. The standard InChI is InChI=1S/C27H23N3O3/c1-32-23-13-11-22(12-14-23)29-27(31)20(18-28)17-21-19-30(26-10-6-5-9-25(21)26)15-16-33-24-7-3-2-4-8-24/h2-14,17,19H,15-16H2,1H3,(H,29,31)/b20-17-. The number of carbonyl (C=O) groups excluding carboxylic acids is 1. The average Bonchev–Trinajstić information content (AvgIpc) is 3.21. The van der Waals surface area contributed by atoms with Crippen LogP contribution < -0.4 is 14.8 Å². The molecule has 0 unspecified atom stereocenters. The summed E-state index contributed by atoms with van der Waals surface area (Å²) in [7, 11) is 1.58. The minimum absolute atomic E-state index is 0.0225. The van der Waals surface area contributed by atoms with Gasteiger partial charge in [0.1, 0.15) is 29.7 Å². The average molecular weight is 437 g/mol. The summed E-state index contributed by atoms with van der Waals surface area (Å²) in [5.41, 5.74) is 2.41. The molecule has 6 heteroatoms. The number of para-hydroxylation sites is 2. The van der Waals surface area contributed by atoms with Gasteiger partial charge in [-0.3, -0.25) is 4.79 Å². The Kier molecular flexibility index (Phi) is 6.72. The molecule has 6 nitrogen and oxygen atoms in total. The summed E-state index contributed by atoms with van der Waals surface area (Å²) < 4.78 is 13.0. The van der Waals surface area contributed by atoms with Crippen LogP contribution in [0.2, 0.25) is 0 Å². The van der Waals surface area contributed by atoms with Crippen molar-refractivity contribution in [2.45, 2.75) is 6.54 Å². The van der Waals surface area contributed by atoms with Gasteiger partial charge in [0.05, 0.1) is 13.7 Å². The van der Waals surface area contributed by atoms with Crippen LogP contribution in [0.15, 0.2) is 90.6 Å². The van der Waals surface area contributed by atoms with Gasteiger partial charge in [0, 0.05) is 28.4 Å². The van der Waals surface area contributed by atoms with E-state index in [1.807, 2.05) is 66.9 Å². The second kappa shape index (κ2) is 10.2. The number of hydrogen-bond acceptors (Lipinski definition) is 4. The highest BCUT2D eigenvalue weighted by molar-refractivity contribution is 6.10. The van der Waals surface area contributed by atoms with Gasteiger partial charge in [0.25, 0.3) is 5.91 Å². The van der Waals surface area contributed by atoms with Crippen LogP contribution in [0, 0.1) is 11.3 Å². The SMILES string of the molecule is COc1ccc(NC(=O)/C(C#N)=C\c2cn(CCOc3ccccc3)c3ccccc23)cc1. The first kappa shape index (κ1) is 21.7. The normalized spacial score (nSPS) is 11.1. The second-order valence-corrected chi connectivity index (χ2v) is 7.31. The topological polar surface area (TPSA) is 76.3 Å². The summed E-state index contributed by atoms with van der Waals surface area (Å²) in [6.07, 6.45) is 3.56. The number of aromatic nitrogens is 1. The van der Waals surface area contributed by atoms with Crippen LogP contribution in [-0.4, -0.2) is 24.2 Å². The first-order chi connectivity index (χ1) is 16.2. The molecule has 0 radical (unpaired) electrons. The number of nitrogens with zero attached hydrogens (tertiary/aromatic N) is 2. The summed E-state index contributed by atoms with van der Waals surface area (Å²) in [4.78, 5) is 12.7. The number of nitrogens with one attached hydrogen (secondary N) is 1. The molecule has 4 aromatic rings. The molecule has 0 saturated carbocycles. The van der Waals surface area contributed by atoms with Crippen molar-refractivity contribution in [3.05, 3.63) is 96.2 Å². The summed E-state index contributed by atoms with van der Waals surface area (Å²) in [6, 6.07) is 26.5. The summed E-state index contributed by atoms with van der Waals surface area (Å²) in [6.45, 7) is 1.12. The number of amides is 1. The third kappa shape index (κ3) is 5.23. The van der Waals surface area contributed by atoms with Gasteiger partial charge in [0.2, 0.25) is 0 Å². The van der Waals surface area contributed by atoms with Gasteiger partial charge in [0.15, 0.2) is 0 Å². The molecule has 3 aromatic carbocycles. The van der Waals surface area contributed by atoms with E-state index in [-0.39, 0.29) is 5.57 Å². The lowest BCUT2D eigenvalue weighted by Crippen LogP contribution is -2.13. The maximum absolute atomic E-state index is 12.7. The molecule has 0 saturated heterocycles. The minimum Gasteiger partial charge on any atom is -0.497 e. The van der Waals surface area contributed by atoms with E-state index in [2.05, 4.69) is 9.88 Å². The number of methoxy groups -OCH3 is 1. The smallest absolute Gasteiger partial charge is 0.266 e. The molecule has 4 rings (SSSR count). The first-order valence-corrected chi connectivity index (χ1v) is 10.5. The Hall–Kier alpha value is -4.50. The molecule has 0 aliphatic rings. The van der Waals surface area contributed by atoms with Crippen molar-refractivity contribution in [3.8, 4) is 17.6 Å². The van der Waals surface area contributed by atoms with Crippen molar-refractivity contribution in [2.75, 3.05) is 19.0 Å². The lowest BCUT2D eigenvalue weighted by atomic mass is 10.1. The number of hydrogen-bond donors (Lipinski definition) is 1. The highest BCUT2D eigenvalue weighted by atomic mass is 16.5. The van der Waals surface area contributed by atoms with E-state index in [4.69, 9.17) is 9.47 Å². The largest absolute Gasteiger partial charge is 0.497 e. The Morgan fingerprint density at radius 2 is 1.73 bits per heavy atom. The van der Waals surface area contributed by atoms with Crippen LogP contribution in [0.4, 0.5) is 5.69 Å². The molecule has 0 fully saturated rings. The monoisotopic (exact) mass is 437 g/mol. The first-order valence-electron chi connectivity index (χ1n) is 10.5. The minimum atomic E-state index is -0.466. The molecule has 1 aromatic heterocycles. The number of rotatable bonds is 8. The fourth-order valence-electron chi connectivity index (χ4n) is 3.53. The number of nitriles is 1. The zero-order valence-electron chi connectivity index (χ0n) is 18.2. The van der Waals surface area contributed by atoms with E-state index >= 15 is 0 Å². The summed E-state index contributed by atoms with van der Waals surface area (Å²) in [5, 5.41) is 13.4. The Morgan fingerprint density at radius 1 is 1.00 bits per heavy atom. The maximum atomic E-state index is 12.7. The van der Waals surface area contributed by atoms with E-state index in [0.29, 0.717) is 24.6 Å². The predicted octanol–water partition coefficient (Wildman–Crippen LogP) is 5.27. The van der Waals surface area contributed by atoms with E-state index in [1.54, 1.807) is 37.5 Å². The fourth-order valence-corrected chi connectivity index (χ4v) is 3.53. The molecule has 0 atom stereocenters. The van der Waals surface area contributed by atoms with Crippen LogP contribution in [0.25, 0.3) is 17.0 Å². The Morgan fingerprint density at radius 3 is 2.45 bits per heavy atom. The number of benzene rings is 3. The highest BCUT2D eigenvalue weighted by Crippen LogP contribution is 2.24. The van der Waals surface area contributed by atoms with Crippen molar-refractivity contribution >= 4 is 28.6 Å². The molecule has 0 spiro atoms. The van der Waals surface area contributed by atoms with E-state index in [9.17, 15) is 10.1 Å². The molecule has 33 heavy (non-hydrogen) atoms. The lowest BCUT2D eigenvalue weighted by molar-refractivity contribution is -0.112. The molecule has 0 aliphatic carbocycles. The van der Waals surface area contributed by atoms with E-state index in [0.717, 1.165) is 22.2 Å². The third-order valence-electron chi connectivity index (χ3n) is 5.18. The van der Waals surface area contributed by atoms with Crippen LogP contribution in [0.5, 0.6) is 11.5 Å². The van der Waals surface area contributed by atoms with Gasteiger partial charge in [-0.25, -0.2) is 0 Å². The van der Waals surface area contributed by atoms with Gasteiger partial charge in [-0.05, 0) is 48.5 Å². The highest BCUT2D eigenvalue weighted by Gasteiger charge is 2.13. The van der Waals surface area contributed by atoms with Crippen molar-refractivity contribution in [1.82, 2.24) is 4.57 Å². The van der Waals surface area contributed by atoms with Crippen LogP contribution in [0.3, 0.4) is 0 Å². The zero-order valence-corrected chi connectivity index (χ0v) is 18.2. The molecule has 0 bridgehead atoms. The predicted molar refractivity (Wildman–Crippen MR) is 129 cm³/mol. The summed E-state index contributed by atoms with van der Waals surface area (Å²) in [5.74, 6) is 1.04. The Labute approximate surface area is 192 Å². The van der Waals surface area contributed by atoms with Crippen LogP contribution in [0.1, 0.15) is 5.56 Å². The number of fused-ring (bicyclic) bond motifs is 1. The van der Waals surface area contributed by atoms with Gasteiger partial charge >= 0.3 is 0 Å².